The molecule has 10 heavy (non-hydrogen) atoms. The summed E-state index contributed by atoms with van der Waals surface area (Å²) in [5, 5.41) is 3.42. The SMILES string of the molecule is CC1=NC2NCCCC2C1. The first-order chi connectivity index (χ1) is 4.86. The maximum atomic E-state index is 4.52. The highest BCUT2D eigenvalue weighted by Gasteiger charge is 2.28. The number of nitrogens with zero attached hydrogens (tertiary/aromatic N) is 1. The van der Waals surface area contributed by atoms with E-state index >= 15 is 0 Å². The molecule has 2 aliphatic rings. The van der Waals surface area contributed by atoms with Gasteiger partial charge in [-0.15, -0.1) is 0 Å². The summed E-state index contributed by atoms with van der Waals surface area (Å²) >= 11 is 0. The molecule has 2 aliphatic heterocycles. The zero-order chi connectivity index (χ0) is 6.97. The molecule has 0 saturated carbocycles. The van der Waals surface area contributed by atoms with E-state index in [0.717, 1.165) is 12.5 Å². The minimum Gasteiger partial charge on any atom is -0.296 e. The lowest BCUT2D eigenvalue weighted by atomic mass is 9.94. The van der Waals surface area contributed by atoms with Crippen LogP contribution >= 0.6 is 0 Å². The van der Waals surface area contributed by atoms with Gasteiger partial charge in [0.15, 0.2) is 0 Å². The van der Waals surface area contributed by atoms with E-state index < -0.39 is 0 Å². The third kappa shape index (κ3) is 0.966. The Bertz CT molecular complexity index is 163. The van der Waals surface area contributed by atoms with Crippen molar-refractivity contribution in [3.63, 3.8) is 0 Å². The van der Waals surface area contributed by atoms with Crippen molar-refractivity contribution in [2.24, 2.45) is 10.9 Å². The summed E-state index contributed by atoms with van der Waals surface area (Å²) in [5.74, 6) is 0.828. The van der Waals surface area contributed by atoms with E-state index in [1.54, 1.807) is 0 Å². The van der Waals surface area contributed by atoms with E-state index in [4.69, 9.17) is 0 Å². The quantitative estimate of drug-likeness (QED) is 0.534. The van der Waals surface area contributed by atoms with Gasteiger partial charge >= 0.3 is 0 Å². The lowest BCUT2D eigenvalue weighted by molar-refractivity contribution is 0.314. The second-order valence-corrected chi connectivity index (χ2v) is 3.37. The average molecular weight is 138 g/mol. The van der Waals surface area contributed by atoms with Gasteiger partial charge in [-0.3, -0.25) is 10.3 Å². The van der Waals surface area contributed by atoms with Crippen molar-refractivity contribution in [1.82, 2.24) is 5.32 Å². The molecule has 1 saturated heterocycles. The standard InChI is InChI=1S/C8H14N2/c1-6-5-7-3-2-4-9-8(7)10-6/h7-9H,2-5H2,1H3. The maximum absolute atomic E-state index is 4.52. The van der Waals surface area contributed by atoms with Crippen LogP contribution in [0.1, 0.15) is 26.2 Å². The molecule has 2 heterocycles. The highest BCUT2D eigenvalue weighted by atomic mass is 15.1. The summed E-state index contributed by atoms with van der Waals surface area (Å²) in [6.45, 7) is 3.30. The molecule has 0 radical (unpaired) electrons. The predicted octanol–water partition coefficient (Wildman–Crippen LogP) is 1.18. The molecule has 2 unspecified atom stereocenters. The van der Waals surface area contributed by atoms with Gasteiger partial charge in [0.25, 0.3) is 0 Å². The molecule has 0 spiro atoms. The molecular weight excluding hydrogens is 124 g/mol. The molecule has 2 rings (SSSR count). The van der Waals surface area contributed by atoms with Crippen molar-refractivity contribution >= 4 is 5.71 Å². The van der Waals surface area contributed by atoms with Crippen LogP contribution < -0.4 is 5.32 Å². The van der Waals surface area contributed by atoms with E-state index in [1.807, 2.05) is 0 Å². The van der Waals surface area contributed by atoms with Gasteiger partial charge in [0.1, 0.15) is 6.17 Å². The number of hydrogen-bond acceptors (Lipinski definition) is 2. The van der Waals surface area contributed by atoms with Crippen LogP contribution in [-0.4, -0.2) is 18.4 Å². The van der Waals surface area contributed by atoms with Gasteiger partial charge in [0, 0.05) is 5.71 Å². The smallest absolute Gasteiger partial charge is 0.103 e. The summed E-state index contributed by atoms with van der Waals surface area (Å²) in [7, 11) is 0. The van der Waals surface area contributed by atoms with Gasteiger partial charge in [-0.2, -0.15) is 0 Å². The Morgan fingerprint density at radius 1 is 1.60 bits per heavy atom. The van der Waals surface area contributed by atoms with Crippen molar-refractivity contribution in [2.45, 2.75) is 32.4 Å². The molecule has 0 aliphatic carbocycles. The molecule has 0 aromatic carbocycles. The Balaban J connectivity index is 2.06. The molecule has 0 aromatic rings. The summed E-state index contributed by atoms with van der Waals surface area (Å²) in [4.78, 5) is 4.52. The zero-order valence-electron chi connectivity index (χ0n) is 6.43. The van der Waals surface area contributed by atoms with Crippen LogP contribution in [0.3, 0.4) is 0 Å². The molecule has 1 fully saturated rings. The van der Waals surface area contributed by atoms with Gasteiger partial charge in [-0.25, -0.2) is 0 Å². The average Bonchev–Trinajstić information content (AvgIpc) is 2.27. The molecule has 0 aromatic heterocycles. The first-order valence-corrected chi connectivity index (χ1v) is 4.13. The number of nitrogens with one attached hydrogen (secondary N) is 1. The highest BCUT2D eigenvalue weighted by molar-refractivity contribution is 5.84. The highest BCUT2D eigenvalue weighted by Crippen LogP contribution is 2.26. The molecule has 2 nitrogen and oxygen atoms in total. The first-order valence-electron chi connectivity index (χ1n) is 4.13. The monoisotopic (exact) mass is 138 g/mol. The van der Waals surface area contributed by atoms with E-state index in [1.165, 1.54) is 25.0 Å². The molecule has 56 valence electrons. The van der Waals surface area contributed by atoms with Crippen LogP contribution in [0.2, 0.25) is 0 Å². The number of piperidine rings is 1. The van der Waals surface area contributed by atoms with Crippen molar-refractivity contribution in [2.75, 3.05) is 6.54 Å². The minimum atomic E-state index is 0.480. The van der Waals surface area contributed by atoms with Crippen molar-refractivity contribution < 1.29 is 0 Å². The largest absolute Gasteiger partial charge is 0.296 e. The summed E-state index contributed by atoms with van der Waals surface area (Å²) in [5.41, 5.74) is 1.34. The summed E-state index contributed by atoms with van der Waals surface area (Å²) in [6.07, 6.45) is 4.42. The second-order valence-electron chi connectivity index (χ2n) is 3.37. The van der Waals surface area contributed by atoms with Crippen LogP contribution in [0.5, 0.6) is 0 Å². The normalized spacial score (nSPS) is 39.1. The van der Waals surface area contributed by atoms with Crippen molar-refractivity contribution in [3.05, 3.63) is 0 Å². The van der Waals surface area contributed by atoms with Gasteiger partial charge < -0.3 is 0 Å². The Morgan fingerprint density at radius 2 is 2.50 bits per heavy atom. The Kier molecular flexibility index (Phi) is 1.49. The summed E-state index contributed by atoms with van der Waals surface area (Å²) in [6, 6.07) is 0. The van der Waals surface area contributed by atoms with Gasteiger partial charge in [-0.1, -0.05) is 0 Å². The maximum Gasteiger partial charge on any atom is 0.103 e. The lowest BCUT2D eigenvalue weighted by Crippen LogP contribution is -2.37. The van der Waals surface area contributed by atoms with Crippen LogP contribution in [0, 0.1) is 5.92 Å². The van der Waals surface area contributed by atoms with E-state index in [-0.39, 0.29) is 0 Å². The Hall–Kier alpha value is -0.370. The summed E-state index contributed by atoms with van der Waals surface area (Å²) < 4.78 is 0. The topological polar surface area (TPSA) is 24.4 Å². The second kappa shape index (κ2) is 2.35. The number of aliphatic imine (C=N–C) groups is 1. The fourth-order valence-electron chi connectivity index (χ4n) is 1.97. The number of hydrogen-bond donors (Lipinski definition) is 1. The van der Waals surface area contributed by atoms with Crippen molar-refractivity contribution in [1.29, 1.82) is 0 Å². The zero-order valence-corrected chi connectivity index (χ0v) is 6.43. The van der Waals surface area contributed by atoms with E-state index in [2.05, 4.69) is 17.2 Å². The third-order valence-corrected chi connectivity index (χ3v) is 2.47. The first kappa shape index (κ1) is 6.35. The third-order valence-electron chi connectivity index (χ3n) is 2.47. The van der Waals surface area contributed by atoms with Crippen LogP contribution in [-0.2, 0) is 0 Å². The Morgan fingerprint density at radius 3 is 3.30 bits per heavy atom. The Labute approximate surface area is 61.7 Å². The fraction of sp³-hybridized carbons (Fsp3) is 0.875. The van der Waals surface area contributed by atoms with Crippen LogP contribution in [0.15, 0.2) is 4.99 Å². The molecule has 0 bridgehead atoms. The number of rotatable bonds is 0. The molecule has 2 atom stereocenters. The molecule has 1 N–H and O–H groups in total. The predicted molar refractivity (Wildman–Crippen MR) is 42.2 cm³/mol. The van der Waals surface area contributed by atoms with E-state index in [9.17, 15) is 0 Å². The molecular formula is C8H14N2. The van der Waals surface area contributed by atoms with Gasteiger partial charge in [0.05, 0.1) is 0 Å². The van der Waals surface area contributed by atoms with E-state index in [0.29, 0.717) is 6.17 Å². The van der Waals surface area contributed by atoms with Crippen LogP contribution in [0.25, 0.3) is 0 Å². The fourth-order valence-corrected chi connectivity index (χ4v) is 1.97. The molecule has 2 heteroatoms. The van der Waals surface area contributed by atoms with Gasteiger partial charge in [-0.05, 0) is 38.6 Å². The minimum absolute atomic E-state index is 0.480. The van der Waals surface area contributed by atoms with Gasteiger partial charge in [0.2, 0.25) is 0 Å². The van der Waals surface area contributed by atoms with Crippen LogP contribution in [0.4, 0.5) is 0 Å². The molecule has 0 amide bonds. The van der Waals surface area contributed by atoms with Crippen molar-refractivity contribution in [3.8, 4) is 0 Å². The lowest BCUT2D eigenvalue weighted by Gasteiger charge is -2.24. The number of fused-ring (bicyclic) bond motifs is 1.